The first kappa shape index (κ1) is 16.5. The molecule has 2 aromatic rings. The summed E-state index contributed by atoms with van der Waals surface area (Å²) in [6, 6.07) is 4.70. The van der Waals surface area contributed by atoms with Crippen molar-refractivity contribution in [2.24, 2.45) is 0 Å². The summed E-state index contributed by atoms with van der Waals surface area (Å²) >= 11 is 3.25. The largest absolute Gasteiger partial charge is 0.355 e. The number of amides is 1. The number of hydrogen-bond donors (Lipinski definition) is 1. The summed E-state index contributed by atoms with van der Waals surface area (Å²) in [6.45, 7) is 4.71. The average molecular weight is 351 g/mol. The lowest BCUT2D eigenvalue weighted by Crippen LogP contribution is -2.31. The van der Waals surface area contributed by atoms with Crippen molar-refractivity contribution in [1.29, 1.82) is 0 Å². The van der Waals surface area contributed by atoms with E-state index in [-0.39, 0.29) is 11.2 Å². The van der Waals surface area contributed by atoms with Crippen LogP contribution in [0.1, 0.15) is 49.9 Å². The van der Waals surface area contributed by atoms with Crippen LogP contribution >= 0.6 is 23.1 Å². The Morgan fingerprint density at radius 2 is 2.35 bits per heavy atom. The fraction of sp³-hybridized carbons (Fsp3) is 0.562. The van der Waals surface area contributed by atoms with Gasteiger partial charge in [-0.1, -0.05) is 24.8 Å². The van der Waals surface area contributed by atoms with Gasteiger partial charge in [0.15, 0.2) is 5.16 Å². The molecule has 0 saturated heterocycles. The van der Waals surface area contributed by atoms with Crippen molar-refractivity contribution in [1.82, 2.24) is 20.1 Å². The quantitative estimate of drug-likeness (QED) is 0.742. The summed E-state index contributed by atoms with van der Waals surface area (Å²) in [4.78, 5) is 13.4. The van der Waals surface area contributed by atoms with Gasteiger partial charge >= 0.3 is 0 Å². The van der Waals surface area contributed by atoms with Gasteiger partial charge in [0.05, 0.1) is 5.25 Å². The predicted octanol–water partition coefficient (Wildman–Crippen LogP) is 3.27. The average Bonchev–Trinajstić information content (AvgIpc) is 3.10. The van der Waals surface area contributed by atoms with E-state index in [0.717, 1.165) is 30.4 Å². The molecule has 0 aliphatic heterocycles. The Bertz CT molecular complexity index is 649. The van der Waals surface area contributed by atoms with Crippen molar-refractivity contribution in [2.75, 3.05) is 6.54 Å². The van der Waals surface area contributed by atoms with Crippen LogP contribution in [-0.4, -0.2) is 32.5 Å². The highest BCUT2D eigenvalue weighted by Crippen LogP contribution is 2.40. The van der Waals surface area contributed by atoms with E-state index in [0.29, 0.717) is 6.04 Å². The van der Waals surface area contributed by atoms with Crippen molar-refractivity contribution in [3.63, 3.8) is 0 Å². The van der Waals surface area contributed by atoms with Gasteiger partial charge < -0.3 is 9.88 Å². The molecule has 7 heteroatoms. The van der Waals surface area contributed by atoms with Crippen molar-refractivity contribution < 1.29 is 4.79 Å². The maximum Gasteiger partial charge on any atom is 0.233 e. The predicted molar refractivity (Wildman–Crippen MR) is 94.0 cm³/mol. The molecule has 1 atom stereocenters. The molecule has 0 spiro atoms. The molecule has 23 heavy (non-hydrogen) atoms. The molecule has 1 aliphatic rings. The van der Waals surface area contributed by atoms with Gasteiger partial charge in [-0.2, -0.15) is 0 Å². The standard InChI is InChI=1S/C16H22N4OS2/c1-3-8-17-15(21)11(2)23-16-19-18-14(20(16)12-6-7-12)10-13-5-4-9-22-13/h4-5,9,11-12H,3,6-8,10H2,1-2H3,(H,17,21)/t11-/m0/s1. The summed E-state index contributed by atoms with van der Waals surface area (Å²) in [6.07, 6.45) is 4.13. The Morgan fingerprint density at radius 1 is 1.52 bits per heavy atom. The Balaban J connectivity index is 1.72. The molecule has 0 unspecified atom stereocenters. The molecular formula is C16H22N4OS2. The maximum absolute atomic E-state index is 12.1. The summed E-state index contributed by atoms with van der Waals surface area (Å²) in [5.41, 5.74) is 0. The van der Waals surface area contributed by atoms with E-state index in [9.17, 15) is 4.79 Å². The van der Waals surface area contributed by atoms with Crippen LogP contribution < -0.4 is 5.32 Å². The highest BCUT2D eigenvalue weighted by atomic mass is 32.2. The molecule has 124 valence electrons. The molecule has 1 saturated carbocycles. The number of aromatic nitrogens is 3. The van der Waals surface area contributed by atoms with Crippen LogP contribution in [0.5, 0.6) is 0 Å². The number of thioether (sulfide) groups is 1. The number of nitrogens with one attached hydrogen (secondary N) is 1. The number of thiophene rings is 1. The zero-order valence-electron chi connectivity index (χ0n) is 13.5. The van der Waals surface area contributed by atoms with Crippen molar-refractivity contribution >= 4 is 29.0 Å². The molecule has 0 bridgehead atoms. The van der Waals surface area contributed by atoms with E-state index in [1.807, 2.05) is 6.92 Å². The molecule has 2 heterocycles. The minimum Gasteiger partial charge on any atom is -0.355 e. The molecule has 5 nitrogen and oxygen atoms in total. The van der Waals surface area contributed by atoms with E-state index >= 15 is 0 Å². The van der Waals surface area contributed by atoms with Gasteiger partial charge in [-0.3, -0.25) is 4.79 Å². The summed E-state index contributed by atoms with van der Waals surface area (Å²) in [5, 5.41) is 14.5. The Kier molecular flexibility index (Phi) is 5.38. The van der Waals surface area contributed by atoms with Gasteiger partial charge in [0, 0.05) is 23.9 Å². The second kappa shape index (κ2) is 7.49. The fourth-order valence-electron chi connectivity index (χ4n) is 2.38. The van der Waals surface area contributed by atoms with Gasteiger partial charge in [-0.25, -0.2) is 0 Å². The molecule has 0 radical (unpaired) electrons. The summed E-state index contributed by atoms with van der Waals surface area (Å²) in [7, 11) is 0. The Labute approximate surface area is 144 Å². The topological polar surface area (TPSA) is 59.8 Å². The number of nitrogens with zero attached hydrogens (tertiary/aromatic N) is 3. The molecule has 1 aliphatic carbocycles. The van der Waals surface area contributed by atoms with Crippen LogP contribution in [-0.2, 0) is 11.2 Å². The van der Waals surface area contributed by atoms with Gasteiger partial charge in [-0.05, 0) is 37.6 Å². The Morgan fingerprint density at radius 3 is 3.00 bits per heavy atom. The molecule has 3 rings (SSSR count). The van der Waals surface area contributed by atoms with Crippen LogP contribution in [0, 0.1) is 0 Å². The maximum atomic E-state index is 12.1. The van der Waals surface area contributed by atoms with E-state index in [1.165, 1.54) is 29.5 Å². The van der Waals surface area contributed by atoms with Crippen LogP contribution in [0.2, 0.25) is 0 Å². The number of rotatable bonds is 8. The lowest BCUT2D eigenvalue weighted by molar-refractivity contribution is -0.120. The minimum atomic E-state index is -0.155. The van der Waals surface area contributed by atoms with E-state index < -0.39 is 0 Å². The first-order valence-corrected chi connectivity index (χ1v) is 9.85. The molecule has 2 aromatic heterocycles. The SMILES string of the molecule is CCCNC(=O)[C@H](C)Sc1nnc(Cc2cccs2)n1C1CC1. The van der Waals surface area contributed by atoms with Crippen LogP contribution in [0.4, 0.5) is 0 Å². The van der Waals surface area contributed by atoms with Crippen LogP contribution in [0.25, 0.3) is 0 Å². The second-order valence-corrected chi connectivity index (χ2v) is 8.15. The third-order valence-electron chi connectivity index (χ3n) is 3.76. The first-order valence-electron chi connectivity index (χ1n) is 8.09. The van der Waals surface area contributed by atoms with Gasteiger partial charge in [0.2, 0.25) is 5.91 Å². The van der Waals surface area contributed by atoms with Crippen molar-refractivity contribution in [3.05, 3.63) is 28.2 Å². The fourth-order valence-corrected chi connectivity index (χ4v) is 4.04. The Hall–Kier alpha value is -1.34. The zero-order chi connectivity index (χ0) is 16.2. The van der Waals surface area contributed by atoms with Crippen molar-refractivity contribution in [3.8, 4) is 0 Å². The van der Waals surface area contributed by atoms with E-state index in [4.69, 9.17) is 0 Å². The van der Waals surface area contributed by atoms with Crippen LogP contribution in [0.15, 0.2) is 22.7 Å². The third-order valence-corrected chi connectivity index (χ3v) is 5.69. The molecule has 1 amide bonds. The smallest absolute Gasteiger partial charge is 0.233 e. The second-order valence-electron chi connectivity index (χ2n) is 5.81. The molecule has 1 fully saturated rings. The first-order chi connectivity index (χ1) is 11.2. The summed E-state index contributed by atoms with van der Waals surface area (Å²) < 4.78 is 2.24. The molecule has 0 aromatic carbocycles. The zero-order valence-corrected chi connectivity index (χ0v) is 15.1. The normalized spacial score (nSPS) is 15.6. The number of hydrogen-bond acceptors (Lipinski definition) is 5. The number of carbonyl (C=O) groups is 1. The minimum absolute atomic E-state index is 0.0713. The lowest BCUT2D eigenvalue weighted by atomic mass is 10.3. The van der Waals surface area contributed by atoms with E-state index in [1.54, 1.807) is 11.3 Å². The van der Waals surface area contributed by atoms with Crippen LogP contribution in [0.3, 0.4) is 0 Å². The third kappa shape index (κ3) is 4.14. The van der Waals surface area contributed by atoms with Gasteiger partial charge in [-0.15, -0.1) is 21.5 Å². The molecule has 1 N–H and O–H groups in total. The highest BCUT2D eigenvalue weighted by molar-refractivity contribution is 8.00. The summed E-state index contributed by atoms with van der Waals surface area (Å²) in [5.74, 6) is 1.08. The highest BCUT2D eigenvalue weighted by Gasteiger charge is 2.31. The lowest BCUT2D eigenvalue weighted by Gasteiger charge is -2.12. The van der Waals surface area contributed by atoms with E-state index in [2.05, 4.69) is 44.5 Å². The van der Waals surface area contributed by atoms with Gasteiger partial charge in [0.25, 0.3) is 0 Å². The monoisotopic (exact) mass is 350 g/mol. The number of carbonyl (C=O) groups excluding carboxylic acids is 1. The van der Waals surface area contributed by atoms with Crippen molar-refractivity contribution in [2.45, 2.75) is 56.0 Å². The molecular weight excluding hydrogens is 328 g/mol. The van der Waals surface area contributed by atoms with Gasteiger partial charge in [0.1, 0.15) is 5.82 Å².